The molecule has 6 heteroatoms. The van der Waals surface area contributed by atoms with E-state index in [9.17, 15) is 9.90 Å². The van der Waals surface area contributed by atoms with Crippen LogP contribution in [0.3, 0.4) is 0 Å². The number of morpholine rings is 1. The van der Waals surface area contributed by atoms with Crippen molar-refractivity contribution in [3.63, 3.8) is 0 Å². The van der Waals surface area contributed by atoms with E-state index in [0.717, 1.165) is 45.6 Å². The van der Waals surface area contributed by atoms with E-state index in [1.54, 1.807) is 0 Å². The van der Waals surface area contributed by atoms with Crippen LogP contribution in [-0.4, -0.2) is 78.1 Å². The van der Waals surface area contributed by atoms with E-state index < -0.39 is 5.60 Å². The highest BCUT2D eigenvalue weighted by molar-refractivity contribution is 5.68. The molecule has 6 nitrogen and oxygen atoms in total. The molecule has 0 unspecified atom stereocenters. The smallest absolute Gasteiger partial charge is 0.410 e. The summed E-state index contributed by atoms with van der Waals surface area (Å²) in [7, 11) is 0. The number of hydrogen-bond donors (Lipinski definition) is 1. The third-order valence-corrected chi connectivity index (χ3v) is 5.70. The Morgan fingerprint density at radius 2 is 1.92 bits per heavy atom. The summed E-state index contributed by atoms with van der Waals surface area (Å²) in [6.07, 6.45) is 4.39. The van der Waals surface area contributed by atoms with Crippen LogP contribution in [0.2, 0.25) is 0 Å². The summed E-state index contributed by atoms with van der Waals surface area (Å²) in [6, 6.07) is 0.621. The molecule has 0 aromatic heterocycles. The molecule has 1 N–H and O–H groups in total. The normalized spacial score (nSPS) is 28.7. The van der Waals surface area contributed by atoms with Gasteiger partial charge in [-0.25, -0.2) is 4.79 Å². The lowest BCUT2D eigenvalue weighted by atomic mass is 9.60. The largest absolute Gasteiger partial charge is 0.444 e. The number of aliphatic hydroxyl groups excluding tert-OH is 1. The molecular formula is C18H32N2O4. The van der Waals surface area contributed by atoms with Crippen molar-refractivity contribution in [1.82, 2.24) is 9.80 Å². The highest BCUT2D eigenvalue weighted by Gasteiger charge is 2.49. The molecule has 1 aliphatic carbocycles. The number of rotatable bonds is 2. The van der Waals surface area contributed by atoms with Crippen molar-refractivity contribution in [2.45, 2.75) is 64.2 Å². The highest BCUT2D eigenvalue weighted by Crippen LogP contribution is 2.51. The third-order valence-electron chi connectivity index (χ3n) is 5.70. The van der Waals surface area contributed by atoms with Gasteiger partial charge in [0.15, 0.2) is 0 Å². The van der Waals surface area contributed by atoms with Crippen molar-refractivity contribution in [2.24, 2.45) is 5.41 Å². The van der Waals surface area contributed by atoms with E-state index in [0.29, 0.717) is 11.5 Å². The van der Waals surface area contributed by atoms with Crippen molar-refractivity contribution in [2.75, 3.05) is 39.4 Å². The summed E-state index contributed by atoms with van der Waals surface area (Å²) in [4.78, 5) is 16.5. The second-order valence-corrected chi connectivity index (χ2v) is 8.70. The van der Waals surface area contributed by atoms with Gasteiger partial charge in [-0.05, 0) is 51.9 Å². The average molecular weight is 340 g/mol. The van der Waals surface area contributed by atoms with Gasteiger partial charge in [0.05, 0.1) is 19.3 Å². The molecular weight excluding hydrogens is 308 g/mol. The minimum Gasteiger partial charge on any atom is -0.444 e. The Hall–Kier alpha value is -0.850. The summed E-state index contributed by atoms with van der Waals surface area (Å²) in [5.41, 5.74) is -0.0104. The molecule has 2 saturated heterocycles. The van der Waals surface area contributed by atoms with Gasteiger partial charge in [0.25, 0.3) is 0 Å². The zero-order chi connectivity index (χ0) is 17.4. The van der Waals surface area contributed by atoms with Crippen molar-refractivity contribution < 1.29 is 19.4 Å². The standard InChI is InChI=1S/C18H32N2O4/c1-17(2,3)24-16(22)19-6-4-18(5-7-19)10-14(11-18)20-8-9-23-15(12-20)13-21/h14-15,21H,4-13H2,1-3H3/t15-/m1/s1. The molecule has 2 aliphatic heterocycles. The Kier molecular flexibility index (Phi) is 5.09. The van der Waals surface area contributed by atoms with Crippen LogP contribution >= 0.6 is 0 Å². The Bertz CT molecular complexity index is 446. The first-order chi connectivity index (χ1) is 11.3. The fourth-order valence-electron chi connectivity index (χ4n) is 4.28. The van der Waals surface area contributed by atoms with Crippen molar-refractivity contribution in [3.05, 3.63) is 0 Å². The Balaban J connectivity index is 1.44. The topological polar surface area (TPSA) is 62.2 Å². The van der Waals surface area contributed by atoms with Crippen molar-refractivity contribution in [3.8, 4) is 0 Å². The maximum Gasteiger partial charge on any atom is 0.410 e. The average Bonchev–Trinajstić information content (AvgIpc) is 2.51. The molecule has 1 saturated carbocycles. The van der Waals surface area contributed by atoms with Gasteiger partial charge in [0, 0.05) is 32.2 Å². The minimum absolute atomic E-state index is 0.0238. The van der Waals surface area contributed by atoms with Gasteiger partial charge in [-0.1, -0.05) is 0 Å². The van der Waals surface area contributed by atoms with Gasteiger partial charge < -0.3 is 19.5 Å². The van der Waals surface area contributed by atoms with E-state index in [4.69, 9.17) is 9.47 Å². The second-order valence-electron chi connectivity index (χ2n) is 8.70. The molecule has 24 heavy (non-hydrogen) atoms. The highest BCUT2D eigenvalue weighted by atomic mass is 16.6. The molecule has 2 heterocycles. The van der Waals surface area contributed by atoms with E-state index in [2.05, 4.69) is 4.90 Å². The van der Waals surface area contributed by atoms with Gasteiger partial charge >= 0.3 is 6.09 Å². The number of amides is 1. The molecule has 138 valence electrons. The SMILES string of the molecule is CC(C)(C)OC(=O)N1CCC2(CC1)CC(N1CCO[C@@H](CO)C1)C2. The number of aliphatic hydroxyl groups is 1. The summed E-state index contributed by atoms with van der Waals surface area (Å²) >= 11 is 0. The van der Waals surface area contributed by atoms with Crippen LogP contribution in [0.5, 0.6) is 0 Å². The molecule has 0 aromatic rings. The number of carbonyl (C=O) groups excluding carboxylic acids is 1. The maximum absolute atomic E-state index is 12.2. The summed E-state index contributed by atoms with van der Waals surface area (Å²) in [6.45, 7) is 10.0. The number of carbonyl (C=O) groups is 1. The quantitative estimate of drug-likeness (QED) is 0.831. The van der Waals surface area contributed by atoms with Crippen LogP contribution in [0.15, 0.2) is 0 Å². The predicted octanol–water partition coefficient (Wildman–Crippen LogP) is 1.86. The first kappa shape index (κ1) is 18.0. The number of hydrogen-bond acceptors (Lipinski definition) is 5. The van der Waals surface area contributed by atoms with Gasteiger partial charge in [0.2, 0.25) is 0 Å². The molecule has 3 rings (SSSR count). The Labute approximate surface area is 145 Å². The van der Waals surface area contributed by atoms with Gasteiger partial charge in [-0.2, -0.15) is 0 Å². The molecule has 0 radical (unpaired) electrons. The van der Waals surface area contributed by atoms with Crippen LogP contribution in [0, 0.1) is 5.41 Å². The van der Waals surface area contributed by atoms with Gasteiger partial charge in [-0.3, -0.25) is 4.90 Å². The summed E-state index contributed by atoms with van der Waals surface area (Å²) < 4.78 is 11.0. The Morgan fingerprint density at radius 3 is 2.50 bits per heavy atom. The fourth-order valence-corrected chi connectivity index (χ4v) is 4.28. The number of nitrogens with zero attached hydrogens (tertiary/aromatic N) is 2. The monoisotopic (exact) mass is 340 g/mol. The molecule has 1 amide bonds. The van der Waals surface area contributed by atoms with Crippen molar-refractivity contribution in [1.29, 1.82) is 0 Å². The lowest BCUT2D eigenvalue weighted by Gasteiger charge is -2.56. The fraction of sp³-hybridized carbons (Fsp3) is 0.944. The van der Waals surface area contributed by atoms with E-state index in [-0.39, 0.29) is 18.8 Å². The van der Waals surface area contributed by atoms with Gasteiger partial charge in [-0.15, -0.1) is 0 Å². The molecule has 3 fully saturated rings. The molecule has 1 spiro atoms. The molecule has 0 aromatic carbocycles. The van der Waals surface area contributed by atoms with Crippen LogP contribution in [0.1, 0.15) is 46.5 Å². The van der Waals surface area contributed by atoms with Crippen molar-refractivity contribution >= 4 is 6.09 Å². The lowest BCUT2D eigenvalue weighted by Crippen LogP contribution is -2.59. The first-order valence-corrected chi connectivity index (χ1v) is 9.25. The second kappa shape index (κ2) is 6.81. The van der Waals surface area contributed by atoms with E-state index >= 15 is 0 Å². The lowest BCUT2D eigenvalue weighted by molar-refractivity contribution is -0.107. The predicted molar refractivity (Wildman–Crippen MR) is 90.9 cm³/mol. The first-order valence-electron chi connectivity index (χ1n) is 9.25. The molecule has 3 aliphatic rings. The van der Waals surface area contributed by atoms with Crippen LogP contribution in [-0.2, 0) is 9.47 Å². The third kappa shape index (κ3) is 4.03. The van der Waals surface area contributed by atoms with E-state index in [1.807, 2.05) is 25.7 Å². The van der Waals surface area contributed by atoms with Crippen LogP contribution in [0.25, 0.3) is 0 Å². The Morgan fingerprint density at radius 1 is 1.25 bits per heavy atom. The van der Waals surface area contributed by atoms with Crippen LogP contribution < -0.4 is 0 Å². The van der Waals surface area contributed by atoms with Crippen LogP contribution in [0.4, 0.5) is 4.79 Å². The minimum atomic E-state index is -0.423. The summed E-state index contributed by atoms with van der Waals surface area (Å²) in [5, 5.41) is 9.28. The molecule has 1 atom stereocenters. The number of ether oxygens (including phenoxy) is 2. The zero-order valence-electron chi connectivity index (χ0n) is 15.3. The number of likely N-dealkylation sites (tertiary alicyclic amines) is 1. The van der Waals surface area contributed by atoms with Gasteiger partial charge in [0.1, 0.15) is 5.60 Å². The molecule has 0 bridgehead atoms. The van der Waals surface area contributed by atoms with E-state index in [1.165, 1.54) is 12.8 Å². The maximum atomic E-state index is 12.2. The zero-order valence-corrected chi connectivity index (χ0v) is 15.3. The number of piperidine rings is 1. The summed E-state index contributed by atoms with van der Waals surface area (Å²) in [5.74, 6) is 0.